The van der Waals surface area contributed by atoms with Crippen molar-refractivity contribution < 1.29 is 4.79 Å². The van der Waals surface area contributed by atoms with Crippen LogP contribution >= 0.6 is 0 Å². The molecule has 126 valence electrons. The summed E-state index contributed by atoms with van der Waals surface area (Å²) in [5.41, 5.74) is 3.33. The van der Waals surface area contributed by atoms with Crippen LogP contribution in [0.25, 0.3) is 0 Å². The van der Waals surface area contributed by atoms with Gasteiger partial charge in [-0.05, 0) is 19.8 Å². The molecule has 2 aromatic rings. The van der Waals surface area contributed by atoms with E-state index in [9.17, 15) is 4.79 Å². The average molecular weight is 319 g/mol. The van der Waals surface area contributed by atoms with Gasteiger partial charge in [0, 0.05) is 30.9 Å². The molecule has 8 heteroatoms. The minimum atomic E-state index is -0.189. The molecule has 0 saturated carbocycles. The minimum Gasteiger partial charge on any atom is -0.334 e. The number of rotatable bonds is 7. The lowest BCUT2D eigenvalue weighted by Crippen LogP contribution is -2.42. The van der Waals surface area contributed by atoms with Gasteiger partial charge in [0.05, 0.1) is 12.2 Å². The van der Waals surface area contributed by atoms with Crippen LogP contribution in [0.3, 0.4) is 0 Å². The molecule has 1 atom stereocenters. The fraction of sp³-hybridized carbons (Fsp3) is 0.600. The molecule has 2 N–H and O–H groups in total. The second-order valence-electron chi connectivity index (χ2n) is 5.55. The van der Waals surface area contributed by atoms with Gasteiger partial charge < -0.3 is 10.6 Å². The van der Waals surface area contributed by atoms with Gasteiger partial charge >= 0.3 is 6.03 Å². The number of amides is 2. The third-order valence-electron chi connectivity index (χ3n) is 3.76. The van der Waals surface area contributed by atoms with Crippen LogP contribution in [0.15, 0.2) is 12.7 Å². The molecule has 0 aliphatic rings. The van der Waals surface area contributed by atoms with Crippen LogP contribution < -0.4 is 10.6 Å². The first kappa shape index (κ1) is 17.0. The lowest BCUT2D eigenvalue weighted by atomic mass is 10.1. The summed E-state index contributed by atoms with van der Waals surface area (Å²) in [7, 11) is 1.95. The number of hydrogen-bond donors (Lipinski definition) is 2. The van der Waals surface area contributed by atoms with E-state index in [0.29, 0.717) is 13.1 Å². The van der Waals surface area contributed by atoms with E-state index in [0.717, 1.165) is 29.8 Å². The topological polar surface area (TPSA) is 89.7 Å². The molecule has 2 aromatic heterocycles. The molecule has 23 heavy (non-hydrogen) atoms. The fourth-order valence-electron chi connectivity index (χ4n) is 2.69. The van der Waals surface area contributed by atoms with E-state index < -0.39 is 0 Å². The van der Waals surface area contributed by atoms with E-state index in [1.807, 2.05) is 18.7 Å². The van der Waals surface area contributed by atoms with Gasteiger partial charge in [-0.2, -0.15) is 10.2 Å². The van der Waals surface area contributed by atoms with Crippen molar-refractivity contribution in [1.82, 2.24) is 35.2 Å². The average Bonchev–Trinajstić information content (AvgIpc) is 3.11. The lowest BCUT2D eigenvalue weighted by molar-refractivity contribution is 0.235. The number of nitrogens with zero attached hydrogens (tertiary/aromatic N) is 5. The van der Waals surface area contributed by atoms with Crippen molar-refractivity contribution in [2.45, 2.75) is 52.7 Å². The Balaban J connectivity index is 1.89. The summed E-state index contributed by atoms with van der Waals surface area (Å²) in [6.45, 7) is 7.18. The maximum atomic E-state index is 12.1. The molecule has 0 aromatic carbocycles. The van der Waals surface area contributed by atoms with Gasteiger partial charge in [0.2, 0.25) is 0 Å². The third-order valence-corrected chi connectivity index (χ3v) is 3.76. The van der Waals surface area contributed by atoms with Crippen LogP contribution in [0.5, 0.6) is 0 Å². The summed E-state index contributed by atoms with van der Waals surface area (Å²) in [5.74, 6) is 0. The first-order valence-corrected chi connectivity index (χ1v) is 7.95. The first-order chi connectivity index (χ1) is 11.0. The molecular formula is C15H25N7O. The normalized spacial score (nSPS) is 12.2. The Morgan fingerprint density at radius 1 is 1.35 bits per heavy atom. The van der Waals surface area contributed by atoms with Crippen LogP contribution in [0.1, 0.15) is 37.7 Å². The zero-order chi connectivity index (χ0) is 16.8. The van der Waals surface area contributed by atoms with Crippen molar-refractivity contribution >= 4 is 6.03 Å². The standard InChI is InChI=1S/C15H25N7O/c1-5-13-12(14(6-2)21(4)20-13)7-17-15(23)19-11(3)8-22-10-16-9-18-22/h9-11H,5-8H2,1-4H3,(H2,17,19,23). The molecule has 0 radical (unpaired) electrons. The van der Waals surface area contributed by atoms with Crippen molar-refractivity contribution in [2.75, 3.05) is 0 Å². The maximum absolute atomic E-state index is 12.1. The number of urea groups is 1. The lowest BCUT2D eigenvalue weighted by Gasteiger charge is -2.15. The van der Waals surface area contributed by atoms with E-state index >= 15 is 0 Å². The van der Waals surface area contributed by atoms with E-state index in [1.165, 1.54) is 6.33 Å². The van der Waals surface area contributed by atoms with Crippen molar-refractivity contribution in [1.29, 1.82) is 0 Å². The smallest absolute Gasteiger partial charge is 0.315 e. The molecule has 0 bridgehead atoms. The number of carbonyl (C=O) groups is 1. The van der Waals surface area contributed by atoms with Crippen LogP contribution in [-0.2, 0) is 33.0 Å². The van der Waals surface area contributed by atoms with Gasteiger partial charge in [-0.25, -0.2) is 9.78 Å². The summed E-state index contributed by atoms with van der Waals surface area (Å²) in [5, 5.41) is 14.4. The Labute approximate surface area is 136 Å². The fourth-order valence-corrected chi connectivity index (χ4v) is 2.69. The third kappa shape index (κ3) is 4.30. The van der Waals surface area contributed by atoms with Gasteiger partial charge in [0.25, 0.3) is 0 Å². The molecule has 1 unspecified atom stereocenters. The molecule has 2 heterocycles. The van der Waals surface area contributed by atoms with Crippen LogP contribution in [-0.4, -0.2) is 36.6 Å². The van der Waals surface area contributed by atoms with Crippen molar-refractivity contribution in [3.05, 3.63) is 29.6 Å². The highest BCUT2D eigenvalue weighted by Crippen LogP contribution is 2.15. The summed E-state index contributed by atoms with van der Waals surface area (Å²) in [4.78, 5) is 16.0. The van der Waals surface area contributed by atoms with Gasteiger partial charge in [-0.15, -0.1) is 0 Å². The van der Waals surface area contributed by atoms with E-state index in [-0.39, 0.29) is 12.1 Å². The summed E-state index contributed by atoms with van der Waals surface area (Å²) >= 11 is 0. The van der Waals surface area contributed by atoms with Gasteiger partial charge in [-0.1, -0.05) is 13.8 Å². The quantitative estimate of drug-likeness (QED) is 0.797. The van der Waals surface area contributed by atoms with Gasteiger partial charge in [0.15, 0.2) is 0 Å². The minimum absolute atomic E-state index is 0.0399. The molecule has 2 rings (SSSR count). The Morgan fingerprint density at radius 3 is 2.74 bits per heavy atom. The Hall–Kier alpha value is -2.38. The molecule has 0 aliphatic carbocycles. The Kier molecular flexibility index (Phi) is 5.72. The number of carbonyl (C=O) groups excluding carboxylic acids is 1. The van der Waals surface area contributed by atoms with Crippen molar-refractivity contribution in [3.63, 3.8) is 0 Å². The SMILES string of the molecule is CCc1nn(C)c(CC)c1CNC(=O)NC(C)Cn1cncn1. The summed E-state index contributed by atoms with van der Waals surface area (Å²) in [6.07, 6.45) is 4.86. The molecular weight excluding hydrogens is 294 g/mol. The Morgan fingerprint density at radius 2 is 2.13 bits per heavy atom. The summed E-state index contributed by atoms with van der Waals surface area (Å²) < 4.78 is 3.59. The predicted molar refractivity (Wildman–Crippen MR) is 86.8 cm³/mol. The summed E-state index contributed by atoms with van der Waals surface area (Å²) in [6, 6.07) is -0.229. The number of hydrogen-bond acceptors (Lipinski definition) is 4. The van der Waals surface area contributed by atoms with E-state index in [1.54, 1.807) is 11.0 Å². The predicted octanol–water partition coefficient (Wildman–Crippen LogP) is 1.02. The number of aromatic nitrogens is 5. The molecule has 2 amide bonds. The highest BCUT2D eigenvalue weighted by Gasteiger charge is 2.15. The van der Waals surface area contributed by atoms with E-state index in [4.69, 9.17) is 0 Å². The zero-order valence-electron chi connectivity index (χ0n) is 14.2. The highest BCUT2D eigenvalue weighted by molar-refractivity contribution is 5.74. The Bertz CT molecular complexity index is 633. The number of nitrogens with one attached hydrogen (secondary N) is 2. The highest BCUT2D eigenvalue weighted by atomic mass is 16.2. The maximum Gasteiger partial charge on any atom is 0.315 e. The van der Waals surface area contributed by atoms with Gasteiger partial charge in [-0.3, -0.25) is 9.36 Å². The zero-order valence-corrected chi connectivity index (χ0v) is 14.2. The van der Waals surface area contributed by atoms with Crippen LogP contribution in [0.4, 0.5) is 4.79 Å². The van der Waals surface area contributed by atoms with Crippen LogP contribution in [0.2, 0.25) is 0 Å². The largest absolute Gasteiger partial charge is 0.334 e. The van der Waals surface area contributed by atoms with Gasteiger partial charge in [0.1, 0.15) is 12.7 Å². The second kappa shape index (κ2) is 7.75. The molecule has 0 fully saturated rings. The molecule has 0 aliphatic heterocycles. The van der Waals surface area contributed by atoms with Crippen molar-refractivity contribution in [2.24, 2.45) is 7.05 Å². The first-order valence-electron chi connectivity index (χ1n) is 7.95. The van der Waals surface area contributed by atoms with Crippen LogP contribution in [0, 0.1) is 0 Å². The number of aryl methyl sites for hydroxylation is 2. The molecule has 8 nitrogen and oxygen atoms in total. The van der Waals surface area contributed by atoms with Crippen molar-refractivity contribution in [3.8, 4) is 0 Å². The molecule has 0 spiro atoms. The molecule has 0 saturated heterocycles. The monoisotopic (exact) mass is 319 g/mol. The van der Waals surface area contributed by atoms with E-state index in [2.05, 4.69) is 39.7 Å². The second-order valence-corrected chi connectivity index (χ2v) is 5.55.